The summed E-state index contributed by atoms with van der Waals surface area (Å²) >= 11 is 0. The average Bonchev–Trinajstić information content (AvgIpc) is 2.47. The lowest BCUT2D eigenvalue weighted by Crippen LogP contribution is -2.35. The molecule has 4 heteroatoms. The van der Waals surface area contributed by atoms with Crippen LogP contribution in [0.15, 0.2) is 60.7 Å². The molecule has 0 aromatic heterocycles. The summed E-state index contributed by atoms with van der Waals surface area (Å²) in [5, 5.41) is 0. The standard InChI is InChI=1S/C17H21O2P.ClH/c1-2-3-14-17(20,18-15-10-6-4-7-11-15)19-16-12-8-5-9-13-16;/h4-13H,2-3,14,20H2,1H3;1H. The summed E-state index contributed by atoms with van der Waals surface area (Å²) < 4.78 is 12.1. The highest BCUT2D eigenvalue weighted by atomic mass is 35.5. The van der Waals surface area contributed by atoms with Crippen LogP contribution in [0.1, 0.15) is 26.2 Å². The van der Waals surface area contributed by atoms with Crippen molar-refractivity contribution < 1.29 is 9.47 Å². The zero-order valence-electron chi connectivity index (χ0n) is 12.2. The zero-order valence-corrected chi connectivity index (χ0v) is 14.2. The summed E-state index contributed by atoms with van der Waals surface area (Å²) in [5.41, 5.74) is -0.723. The van der Waals surface area contributed by atoms with Crippen LogP contribution in [0.5, 0.6) is 11.5 Å². The maximum atomic E-state index is 6.05. The lowest BCUT2D eigenvalue weighted by Gasteiger charge is -2.31. The fraction of sp³-hybridized carbons (Fsp3) is 0.294. The smallest absolute Gasteiger partial charge is 0.262 e. The van der Waals surface area contributed by atoms with E-state index in [2.05, 4.69) is 16.2 Å². The molecule has 0 aliphatic heterocycles. The molecule has 0 fully saturated rings. The van der Waals surface area contributed by atoms with Crippen LogP contribution >= 0.6 is 21.6 Å². The molecule has 0 aliphatic carbocycles. The van der Waals surface area contributed by atoms with Crippen LogP contribution in [0.4, 0.5) is 0 Å². The van der Waals surface area contributed by atoms with Gasteiger partial charge in [0.2, 0.25) is 0 Å². The molecule has 0 amide bonds. The van der Waals surface area contributed by atoms with Crippen molar-refractivity contribution >= 4 is 21.6 Å². The molecule has 2 aromatic carbocycles. The molecule has 21 heavy (non-hydrogen) atoms. The highest BCUT2D eigenvalue weighted by molar-refractivity contribution is 7.18. The Morgan fingerprint density at radius 1 is 0.857 bits per heavy atom. The number of halogens is 1. The summed E-state index contributed by atoms with van der Waals surface area (Å²) in [6.45, 7) is 2.16. The van der Waals surface area contributed by atoms with Crippen molar-refractivity contribution in [2.24, 2.45) is 0 Å². The van der Waals surface area contributed by atoms with Gasteiger partial charge in [0.05, 0.1) is 0 Å². The maximum Gasteiger partial charge on any atom is 0.262 e. The van der Waals surface area contributed by atoms with Crippen LogP contribution < -0.4 is 9.47 Å². The van der Waals surface area contributed by atoms with Crippen molar-refractivity contribution in [3.05, 3.63) is 60.7 Å². The second-order valence-corrected chi connectivity index (χ2v) is 5.63. The Hall–Kier alpha value is -1.24. The Labute approximate surface area is 135 Å². The molecule has 1 unspecified atom stereocenters. The molecule has 114 valence electrons. The van der Waals surface area contributed by atoms with Gasteiger partial charge in [0.15, 0.2) is 0 Å². The third-order valence-corrected chi connectivity index (χ3v) is 3.47. The van der Waals surface area contributed by atoms with E-state index >= 15 is 0 Å². The predicted molar refractivity (Wildman–Crippen MR) is 93.4 cm³/mol. The van der Waals surface area contributed by atoms with Gasteiger partial charge in [0.25, 0.3) is 5.53 Å². The van der Waals surface area contributed by atoms with Crippen LogP contribution in [-0.2, 0) is 0 Å². The van der Waals surface area contributed by atoms with Gasteiger partial charge in [0.1, 0.15) is 11.5 Å². The summed E-state index contributed by atoms with van der Waals surface area (Å²) in [6, 6.07) is 19.6. The molecular formula is C17H22ClO2P. The third kappa shape index (κ3) is 5.95. The third-order valence-electron chi connectivity index (χ3n) is 2.95. The van der Waals surface area contributed by atoms with Crippen molar-refractivity contribution in [1.29, 1.82) is 0 Å². The van der Waals surface area contributed by atoms with Crippen molar-refractivity contribution in [3.63, 3.8) is 0 Å². The van der Waals surface area contributed by atoms with E-state index in [9.17, 15) is 0 Å². The van der Waals surface area contributed by atoms with E-state index in [-0.39, 0.29) is 12.4 Å². The summed E-state index contributed by atoms with van der Waals surface area (Å²) in [5.74, 6) is 1.63. The van der Waals surface area contributed by atoms with Crippen molar-refractivity contribution in [2.45, 2.75) is 31.7 Å². The van der Waals surface area contributed by atoms with E-state index in [0.717, 1.165) is 30.8 Å². The topological polar surface area (TPSA) is 18.5 Å². The molecule has 0 heterocycles. The van der Waals surface area contributed by atoms with Gasteiger partial charge in [-0.15, -0.1) is 12.4 Å². The monoisotopic (exact) mass is 324 g/mol. The highest BCUT2D eigenvalue weighted by Gasteiger charge is 2.28. The lowest BCUT2D eigenvalue weighted by molar-refractivity contribution is -0.0384. The average molecular weight is 325 g/mol. The van der Waals surface area contributed by atoms with Crippen LogP contribution in [0, 0.1) is 0 Å². The van der Waals surface area contributed by atoms with Crippen molar-refractivity contribution in [2.75, 3.05) is 0 Å². The summed E-state index contributed by atoms with van der Waals surface area (Å²) in [6.07, 6.45) is 2.97. The molecule has 0 saturated heterocycles. The molecule has 0 radical (unpaired) electrons. The Morgan fingerprint density at radius 2 is 1.29 bits per heavy atom. The number of ether oxygens (including phenoxy) is 2. The molecule has 2 rings (SSSR count). The first-order valence-corrected chi connectivity index (χ1v) is 7.56. The minimum atomic E-state index is -0.723. The molecular weight excluding hydrogens is 303 g/mol. The Morgan fingerprint density at radius 3 is 1.67 bits per heavy atom. The molecule has 0 saturated carbocycles. The van der Waals surface area contributed by atoms with E-state index in [1.807, 2.05) is 60.7 Å². The largest absolute Gasteiger partial charge is 0.449 e. The van der Waals surface area contributed by atoms with Gasteiger partial charge in [-0.3, -0.25) is 0 Å². The fourth-order valence-corrected chi connectivity index (χ4v) is 2.40. The van der Waals surface area contributed by atoms with Crippen LogP contribution in [0.25, 0.3) is 0 Å². The van der Waals surface area contributed by atoms with Gasteiger partial charge in [0, 0.05) is 6.42 Å². The van der Waals surface area contributed by atoms with Crippen molar-refractivity contribution in [1.82, 2.24) is 0 Å². The quantitative estimate of drug-likeness (QED) is 0.509. The molecule has 0 bridgehead atoms. The van der Waals surface area contributed by atoms with Gasteiger partial charge >= 0.3 is 0 Å². The SMILES string of the molecule is CCCCC(P)(Oc1ccccc1)Oc1ccccc1.Cl. The molecule has 2 aromatic rings. The van der Waals surface area contributed by atoms with Gasteiger partial charge in [-0.2, -0.15) is 0 Å². The second kappa shape index (κ2) is 8.92. The molecule has 0 aliphatic rings. The Kier molecular flexibility index (Phi) is 7.56. The number of benzene rings is 2. The van der Waals surface area contributed by atoms with Gasteiger partial charge in [-0.05, 0) is 39.9 Å². The first-order chi connectivity index (χ1) is 9.72. The van der Waals surface area contributed by atoms with E-state index in [0.29, 0.717) is 0 Å². The maximum absolute atomic E-state index is 6.05. The number of hydrogen-bond donors (Lipinski definition) is 0. The van der Waals surface area contributed by atoms with Gasteiger partial charge in [-0.1, -0.05) is 49.7 Å². The Bertz CT molecular complexity index is 463. The first kappa shape index (κ1) is 17.8. The highest BCUT2D eigenvalue weighted by Crippen LogP contribution is 2.32. The zero-order chi connectivity index (χ0) is 14.3. The number of rotatable bonds is 7. The van der Waals surface area contributed by atoms with Crippen LogP contribution in [-0.4, -0.2) is 5.53 Å². The molecule has 0 N–H and O–H groups in total. The summed E-state index contributed by atoms with van der Waals surface area (Å²) in [7, 11) is 2.72. The minimum Gasteiger partial charge on any atom is -0.449 e. The van der Waals surface area contributed by atoms with Gasteiger partial charge < -0.3 is 9.47 Å². The number of unbranched alkanes of at least 4 members (excludes halogenated alkanes) is 1. The molecule has 2 nitrogen and oxygen atoms in total. The molecule has 0 spiro atoms. The van der Waals surface area contributed by atoms with Crippen LogP contribution in [0.2, 0.25) is 0 Å². The lowest BCUT2D eigenvalue weighted by atomic mass is 10.2. The normalized spacial score (nSPS) is 10.6. The first-order valence-electron chi connectivity index (χ1n) is 6.99. The second-order valence-electron chi connectivity index (χ2n) is 4.75. The van der Waals surface area contributed by atoms with Crippen LogP contribution in [0.3, 0.4) is 0 Å². The minimum absolute atomic E-state index is 0. The predicted octanol–water partition coefficient (Wildman–Crippen LogP) is 5.29. The van der Waals surface area contributed by atoms with E-state index in [4.69, 9.17) is 9.47 Å². The van der Waals surface area contributed by atoms with E-state index in [1.165, 1.54) is 0 Å². The van der Waals surface area contributed by atoms with E-state index in [1.54, 1.807) is 0 Å². The Balaban J connectivity index is 0.00000220. The molecule has 1 atom stereocenters. The summed E-state index contributed by atoms with van der Waals surface area (Å²) in [4.78, 5) is 0. The number of para-hydroxylation sites is 2. The fourth-order valence-electron chi connectivity index (χ4n) is 1.92. The van der Waals surface area contributed by atoms with Gasteiger partial charge in [-0.25, -0.2) is 0 Å². The van der Waals surface area contributed by atoms with Crippen molar-refractivity contribution in [3.8, 4) is 11.5 Å². The van der Waals surface area contributed by atoms with E-state index < -0.39 is 5.53 Å². The number of hydrogen-bond acceptors (Lipinski definition) is 2.